The molecule has 0 atom stereocenters. The molecule has 33 heavy (non-hydrogen) atoms. The predicted molar refractivity (Wildman–Crippen MR) is 130 cm³/mol. The average molecular weight is 464 g/mol. The fourth-order valence-corrected chi connectivity index (χ4v) is 3.47. The number of H-pyrrole nitrogens is 1. The van der Waals surface area contributed by atoms with Crippen molar-refractivity contribution < 1.29 is 4.79 Å². The van der Waals surface area contributed by atoms with Crippen LogP contribution in [0.25, 0.3) is 0 Å². The number of aromatic amines is 1. The van der Waals surface area contributed by atoms with Gasteiger partial charge in [-0.05, 0) is 28.3 Å². The molecule has 2 heterocycles. The summed E-state index contributed by atoms with van der Waals surface area (Å²) in [5.74, 6) is -0.170. The lowest BCUT2D eigenvalue weighted by Gasteiger charge is -2.08. The highest BCUT2D eigenvalue weighted by atomic mass is 35.5. The van der Waals surface area contributed by atoms with E-state index >= 15 is 0 Å². The molecule has 2 aromatic heterocycles. The van der Waals surface area contributed by atoms with Gasteiger partial charge in [-0.25, -0.2) is 0 Å². The number of aromatic nitrogens is 3. The highest BCUT2D eigenvalue weighted by Crippen LogP contribution is 2.14. The number of nitrogens with two attached hydrogens (primary N) is 1. The minimum atomic E-state index is -0.170. The molecule has 0 aliphatic carbocycles. The van der Waals surface area contributed by atoms with Gasteiger partial charge in [0.25, 0.3) is 11.5 Å². The Morgan fingerprint density at radius 2 is 1.61 bits per heavy atom. The Kier molecular flexibility index (Phi) is 8.18. The third-order valence-electron chi connectivity index (χ3n) is 5.33. The highest BCUT2D eigenvalue weighted by molar-refractivity contribution is 5.95. The van der Waals surface area contributed by atoms with E-state index in [4.69, 9.17) is 5.73 Å². The van der Waals surface area contributed by atoms with E-state index in [1.807, 2.05) is 54.6 Å². The van der Waals surface area contributed by atoms with Gasteiger partial charge in [0, 0.05) is 31.8 Å². The quantitative estimate of drug-likeness (QED) is 0.373. The van der Waals surface area contributed by atoms with Gasteiger partial charge in [-0.3, -0.25) is 14.7 Å². The van der Waals surface area contributed by atoms with Gasteiger partial charge in [-0.2, -0.15) is 5.10 Å². The molecule has 0 unspecified atom stereocenters. The van der Waals surface area contributed by atoms with Crippen LogP contribution in [0, 0.1) is 0 Å². The van der Waals surface area contributed by atoms with Crippen LogP contribution in [0.4, 0.5) is 0 Å². The first kappa shape index (κ1) is 24.0. The standard InChI is InChI=1S/C25H25N5O2.ClH/c26-14-19-6-8-20(9-7-19)15-27-25(32)22-16-28-29-23(22)13-18-4-10-21(11-5-18)17-30-12-2-1-3-24(30)31;/h1-12,16H,13-15,17,26H2,(H,27,32)(H,28,29);1H. The normalized spacial score (nSPS) is 10.5. The Balaban J connectivity index is 0.00000306. The second-order valence-electron chi connectivity index (χ2n) is 7.63. The van der Waals surface area contributed by atoms with Gasteiger partial charge >= 0.3 is 0 Å². The second kappa shape index (κ2) is 11.3. The van der Waals surface area contributed by atoms with Crippen molar-refractivity contribution in [2.45, 2.75) is 26.1 Å². The summed E-state index contributed by atoms with van der Waals surface area (Å²) in [7, 11) is 0. The van der Waals surface area contributed by atoms with E-state index in [-0.39, 0.29) is 23.9 Å². The monoisotopic (exact) mass is 463 g/mol. The molecule has 0 saturated heterocycles. The summed E-state index contributed by atoms with van der Waals surface area (Å²) in [6, 6.07) is 21.0. The number of carbonyl (C=O) groups is 1. The fourth-order valence-electron chi connectivity index (χ4n) is 3.47. The summed E-state index contributed by atoms with van der Waals surface area (Å²) in [5, 5.41) is 9.95. The zero-order valence-electron chi connectivity index (χ0n) is 18.0. The maximum atomic E-state index is 12.7. The summed E-state index contributed by atoms with van der Waals surface area (Å²) >= 11 is 0. The van der Waals surface area contributed by atoms with Gasteiger partial charge in [-0.15, -0.1) is 12.4 Å². The van der Waals surface area contributed by atoms with E-state index in [1.165, 1.54) is 0 Å². The minimum absolute atomic E-state index is 0. The third-order valence-corrected chi connectivity index (χ3v) is 5.33. The van der Waals surface area contributed by atoms with Crippen molar-refractivity contribution in [1.82, 2.24) is 20.1 Å². The van der Waals surface area contributed by atoms with Crippen LogP contribution in [-0.2, 0) is 26.1 Å². The van der Waals surface area contributed by atoms with Crippen LogP contribution in [0.5, 0.6) is 0 Å². The number of amides is 1. The van der Waals surface area contributed by atoms with Crippen molar-refractivity contribution in [3.8, 4) is 0 Å². The maximum absolute atomic E-state index is 12.7. The van der Waals surface area contributed by atoms with Crippen molar-refractivity contribution in [1.29, 1.82) is 0 Å². The summed E-state index contributed by atoms with van der Waals surface area (Å²) < 4.78 is 1.66. The lowest BCUT2D eigenvalue weighted by atomic mass is 10.0. The number of rotatable bonds is 8. The molecule has 0 fully saturated rings. The number of hydrogen-bond donors (Lipinski definition) is 3. The SMILES string of the molecule is Cl.NCc1ccc(CNC(=O)c2cn[nH]c2Cc2ccc(Cn3ccccc3=O)cc2)cc1. The highest BCUT2D eigenvalue weighted by Gasteiger charge is 2.14. The van der Waals surface area contributed by atoms with Crippen molar-refractivity contribution >= 4 is 18.3 Å². The number of benzene rings is 2. The van der Waals surface area contributed by atoms with Gasteiger partial charge < -0.3 is 15.6 Å². The summed E-state index contributed by atoms with van der Waals surface area (Å²) in [6.07, 6.45) is 3.89. The molecule has 4 aromatic rings. The lowest BCUT2D eigenvalue weighted by Crippen LogP contribution is -2.23. The van der Waals surface area contributed by atoms with Crippen LogP contribution in [0.15, 0.2) is 83.9 Å². The topological polar surface area (TPSA) is 106 Å². The maximum Gasteiger partial charge on any atom is 0.255 e. The van der Waals surface area contributed by atoms with Crippen molar-refractivity contribution in [3.05, 3.63) is 123 Å². The molecule has 170 valence electrons. The number of pyridine rings is 1. The van der Waals surface area contributed by atoms with Crippen LogP contribution in [-0.4, -0.2) is 20.7 Å². The molecule has 0 spiro atoms. The molecule has 8 heteroatoms. The second-order valence-corrected chi connectivity index (χ2v) is 7.63. The Morgan fingerprint density at radius 1 is 0.939 bits per heavy atom. The van der Waals surface area contributed by atoms with Crippen LogP contribution >= 0.6 is 12.4 Å². The molecule has 0 bridgehead atoms. The molecule has 4 rings (SSSR count). The fraction of sp³-hybridized carbons (Fsp3) is 0.160. The van der Waals surface area contributed by atoms with Crippen LogP contribution in [0.1, 0.15) is 38.3 Å². The van der Waals surface area contributed by atoms with Crippen molar-refractivity contribution in [3.63, 3.8) is 0 Å². The molecule has 0 saturated carbocycles. The van der Waals surface area contributed by atoms with E-state index in [9.17, 15) is 9.59 Å². The third kappa shape index (κ3) is 6.19. The Labute approximate surface area is 198 Å². The largest absolute Gasteiger partial charge is 0.348 e. The Bertz CT molecular complexity index is 1250. The molecule has 7 nitrogen and oxygen atoms in total. The first-order chi connectivity index (χ1) is 15.6. The molecular formula is C25H26ClN5O2. The molecule has 2 aromatic carbocycles. The smallest absolute Gasteiger partial charge is 0.255 e. The Hall–Kier alpha value is -3.68. The van der Waals surface area contributed by atoms with Crippen molar-refractivity contribution in [2.24, 2.45) is 5.73 Å². The zero-order chi connectivity index (χ0) is 22.3. The molecule has 0 aliphatic rings. The molecular weight excluding hydrogens is 438 g/mol. The Morgan fingerprint density at radius 3 is 2.30 bits per heavy atom. The molecule has 0 aliphatic heterocycles. The first-order valence-electron chi connectivity index (χ1n) is 10.4. The number of nitrogens with zero attached hydrogens (tertiary/aromatic N) is 2. The number of hydrogen-bond acceptors (Lipinski definition) is 4. The average Bonchev–Trinajstić information content (AvgIpc) is 3.29. The number of carbonyl (C=O) groups excluding carboxylic acids is 1. The van der Waals surface area contributed by atoms with Gasteiger partial charge in [0.1, 0.15) is 0 Å². The van der Waals surface area contributed by atoms with Crippen molar-refractivity contribution in [2.75, 3.05) is 0 Å². The molecule has 4 N–H and O–H groups in total. The number of halogens is 1. The van der Waals surface area contributed by atoms with E-state index in [0.29, 0.717) is 31.6 Å². The minimum Gasteiger partial charge on any atom is -0.348 e. The van der Waals surface area contributed by atoms with E-state index in [2.05, 4.69) is 15.5 Å². The lowest BCUT2D eigenvalue weighted by molar-refractivity contribution is 0.0950. The summed E-state index contributed by atoms with van der Waals surface area (Å²) in [4.78, 5) is 24.6. The van der Waals surface area contributed by atoms with E-state index in [0.717, 1.165) is 27.9 Å². The van der Waals surface area contributed by atoms with E-state index in [1.54, 1.807) is 29.1 Å². The molecule has 0 radical (unpaired) electrons. The first-order valence-corrected chi connectivity index (χ1v) is 10.4. The predicted octanol–water partition coefficient (Wildman–Crippen LogP) is 3.02. The van der Waals surface area contributed by atoms with E-state index < -0.39 is 0 Å². The van der Waals surface area contributed by atoms with Gasteiger partial charge in [0.05, 0.1) is 24.0 Å². The van der Waals surface area contributed by atoms with Crippen LogP contribution in [0.3, 0.4) is 0 Å². The van der Waals surface area contributed by atoms with Gasteiger partial charge in [0.2, 0.25) is 0 Å². The van der Waals surface area contributed by atoms with Gasteiger partial charge in [0.15, 0.2) is 0 Å². The van der Waals surface area contributed by atoms with Crippen LogP contribution in [0.2, 0.25) is 0 Å². The van der Waals surface area contributed by atoms with Crippen LogP contribution < -0.4 is 16.6 Å². The summed E-state index contributed by atoms with van der Waals surface area (Å²) in [6.45, 7) is 1.45. The molecule has 1 amide bonds. The number of nitrogens with one attached hydrogen (secondary N) is 2. The van der Waals surface area contributed by atoms with Gasteiger partial charge in [-0.1, -0.05) is 54.6 Å². The summed E-state index contributed by atoms with van der Waals surface area (Å²) in [5.41, 5.74) is 11.0. The zero-order valence-corrected chi connectivity index (χ0v) is 18.8.